The summed E-state index contributed by atoms with van der Waals surface area (Å²) in [6, 6.07) is 0.297. The summed E-state index contributed by atoms with van der Waals surface area (Å²) in [5.41, 5.74) is 0. The third kappa shape index (κ3) is 6.06. The number of rotatable bonds is 6. The molecule has 1 N–H and O–H groups in total. The van der Waals surface area contributed by atoms with E-state index in [0.717, 1.165) is 6.42 Å². The first-order valence-electron chi connectivity index (χ1n) is 7.11. The molecular formula is C14H27NO2. The van der Waals surface area contributed by atoms with E-state index in [-0.39, 0.29) is 12.5 Å². The highest BCUT2D eigenvalue weighted by molar-refractivity contribution is 5.77. The Labute approximate surface area is 105 Å². The van der Waals surface area contributed by atoms with Crippen LogP contribution in [0.1, 0.15) is 58.8 Å². The highest BCUT2D eigenvalue weighted by Gasteiger charge is 2.20. The number of hydrogen-bond acceptors (Lipinski definition) is 2. The van der Waals surface area contributed by atoms with Crippen molar-refractivity contribution in [1.29, 1.82) is 0 Å². The molecule has 3 nitrogen and oxygen atoms in total. The molecule has 1 aliphatic rings. The lowest BCUT2D eigenvalue weighted by molar-refractivity contribution is -0.126. The van der Waals surface area contributed by atoms with Crippen LogP contribution in [-0.4, -0.2) is 25.2 Å². The third-order valence-electron chi connectivity index (χ3n) is 3.58. The van der Waals surface area contributed by atoms with Crippen LogP contribution in [-0.2, 0) is 9.53 Å². The van der Waals surface area contributed by atoms with E-state index in [0.29, 0.717) is 18.6 Å². The molecule has 1 saturated carbocycles. The first kappa shape index (κ1) is 14.5. The molecule has 1 fully saturated rings. The molecule has 0 unspecified atom stereocenters. The standard InChI is InChI=1S/C14H27NO2/c1-3-10-17-11-14(16)15-12(2)13-8-6-4-5-7-9-13/h12-13H,3-11H2,1-2H3,(H,15,16)/t12-/m0/s1. The minimum Gasteiger partial charge on any atom is -0.372 e. The van der Waals surface area contributed by atoms with Gasteiger partial charge in [-0.25, -0.2) is 0 Å². The Morgan fingerprint density at radius 1 is 1.29 bits per heavy atom. The maximum Gasteiger partial charge on any atom is 0.246 e. The summed E-state index contributed by atoms with van der Waals surface area (Å²) in [4.78, 5) is 11.6. The van der Waals surface area contributed by atoms with Gasteiger partial charge in [0.1, 0.15) is 6.61 Å². The van der Waals surface area contributed by atoms with Crippen LogP contribution in [0.4, 0.5) is 0 Å². The zero-order valence-electron chi connectivity index (χ0n) is 11.3. The predicted octanol–water partition coefficient (Wildman–Crippen LogP) is 2.89. The Bertz CT molecular complexity index is 210. The molecule has 0 heterocycles. The summed E-state index contributed by atoms with van der Waals surface area (Å²) in [5.74, 6) is 0.697. The zero-order valence-corrected chi connectivity index (χ0v) is 11.3. The van der Waals surface area contributed by atoms with Gasteiger partial charge in [0.2, 0.25) is 5.91 Å². The van der Waals surface area contributed by atoms with Gasteiger partial charge in [0.05, 0.1) is 0 Å². The van der Waals surface area contributed by atoms with Gasteiger partial charge in [-0.05, 0) is 32.1 Å². The average molecular weight is 241 g/mol. The number of carbonyl (C=O) groups excluding carboxylic acids is 1. The molecule has 0 aromatic heterocycles. The van der Waals surface area contributed by atoms with E-state index in [1.807, 2.05) is 6.92 Å². The van der Waals surface area contributed by atoms with E-state index in [4.69, 9.17) is 4.74 Å². The van der Waals surface area contributed by atoms with Crippen molar-refractivity contribution in [1.82, 2.24) is 5.32 Å². The SMILES string of the molecule is CCCOCC(=O)N[C@@H](C)C1CCCCCC1. The van der Waals surface area contributed by atoms with E-state index in [1.165, 1.54) is 38.5 Å². The molecular weight excluding hydrogens is 214 g/mol. The van der Waals surface area contributed by atoms with Gasteiger partial charge in [-0.3, -0.25) is 4.79 Å². The molecule has 1 rings (SSSR count). The van der Waals surface area contributed by atoms with E-state index < -0.39 is 0 Å². The molecule has 3 heteroatoms. The van der Waals surface area contributed by atoms with Crippen LogP contribution in [0.25, 0.3) is 0 Å². The normalized spacial score (nSPS) is 19.6. The van der Waals surface area contributed by atoms with Crippen LogP contribution in [0.2, 0.25) is 0 Å². The van der Waals surface area contributed by atoms with Crippen molar-refractivity contribution in [2.24, 2.45) is 5.92 Å². The molecule has 0 aromatic carbocycles. The molecule has 1 aliphatic carbocycles. The molecule has 0 radical (unpaired) electrons. The monoisotopic (exact) mass is 241 g/mol. The quantitative estimate of drug-likeness (QED) is 0.573. The minimum atomic E-state index is 0.0372. The second-order valence-electron chi connectivity index (χ2n) is 5.16. The topological polar surface area (TPSA) is 38.3 Å². The molecule has 1 atom stereocenters. The predicted molar refractivity (Wildman–Crippen MR) is 69.9 cm³/mol. The molecule has 0 bridgehead atoms. The molecule has 100 valence electrons. The number of nitrogens with one attached hydrogen (secondary N) is 1. The lowest BCUT2D eigenvalue weighted by Gasteiger charge is -2.23. The van der Waals surface area contributed by atoms with Crippen molar-refractivity contribution in [3.05, 3.63) is 0 Å². The van der Waals surface area contributed by atoms with E-state index >= 15 is 0 Å². The summed E-state index contributed by atoms with van der Waals surface area (Å²) in [6.07, 6.45) is 8.84. The number of carbonyl (C=O) groups is 1. The van der Waals surface area contributed by atoms with E-state index in [1.54, 1.807) is 0 Å². The summed E-state index contributed by atoms with van der Waals surface area (Å²) < 4.78 is 5.25. The van der Waals surface area contributed by atoms with Gasteiger partial charge in [-0.2, -0.15) is 0 Å². The fourth-order valence-corrected chi connectivity index (χ4v) is 2.53. The van der Waals surface area contributed by atoms with Crippen molar-refractivity contribution >= 4 is 5.91 Å². The van der Waals surface area contributed by atoms with Gasteiger partial charge in [0, 0.05) is 12.6 Å². The van der Waals surface area contributed by atoms with Gasteiger partial charge < -0.3 is 10.1 Å². The lowest BCUT2D eigenvalue weighted by atomic mass is 9.93. The Morgan fingerprint density at radius 3 is 2.53 bits per heavy atom. The second-order valence-corrected chi connectivity index (χ2v) is 5.16. The summed E-state index contributed by atoms with van der Waals surface area (Å²) in [6.45, 7) is 5.07. The van der Waals surface area contributed by atoms with Crippen molar-refractivity contribution in [2.45, 2.75) is 64.8 Å². The van der Waals surface area contributed by atoms with Gasteiger partial charge in [0.15, 0.2) is 0 Å². The minimum absolute atomic E-state index is 0.0372. The van der Waals surface area contributed by atoms with Gasteiger partial charge in [0.25, 0.3) is 0 Å². The Balaban J connectivity index is 2.21. The average Bonchev–Trinajstić information content (AvgIpc) is 2.57. The summed E-state index contributed by atoms with van der Waals surface area (Å²) in [7, 11) is 0. The number of ether oxygens (including phenoxy) is 1. The smallest absolute Gasteiger partial charge is 0.246 e. The molecule has 1 amide bonds. The Kier molecular flexibility index (Phi) is 7.25. The molecule has 0 aromatic rings. The Hall–Kier alpha value is -0.570. The molecule has 0 saturated heterocycles. The number of hydrogen-bond donors (Lipinski definition) is 1. The highest BCUT2D eigenvalue weighted by Crippen LogP contribution is 2.25. The maximum atomic E-state index is 11.6. The van der Waals surface area contributed by atoms with Gasteiger partial charge >= 0.3 is 0 Å². The van der Waals surface area contributed by atoms with Crippen LogP contribution in [0, 0.1) is 5.92 Å². The summed E-state index contributed by atoms with van der Waals surface area (Å²) >= 11 is 0. The van der Waals surface area contributed by atoms with Crippen molar-refractivity contribution in [2.75, 3.05) is 13.2 Å². The Morgan fingerprint density at radius 2 is 1.94 bits per heavy atom. The molecule has 0 spiro atoms. The van der Waals surface area contributed by atoms with Crippen molar-refractivity contribution in [3.63, 3.8) is 0 Å². The second kappa shape index (κ2) is 8.51. The number of amides is 1. The maximum absolute atomic E-state index is 11.6. The van der Waals surface area contributed by atoms with E-state index in [2.05, 4.69) is 12.2 Å². The van der Waals surface area contributed by atoms with Crippen LogP contribution >= 0.6 is 0 Å². The van der Waals surface area contributed by atoms with Crippen LogP contribution < -0.4 is 5.32 Å². The van der Waals surface area contributed by atoms with Gasteiger partial charge in [-0.1, -0.05) is 32.6 Å². The zero-order chi connectivity index (χ0) is 12.5. The molecule has 17 heavy (non-hydrogen) atoms. The van der Waals surface area contributed by atoms with Crippen LogP contribution in [0.3, 0.4) is 0 Å². The summed E-state index contributed by atoms with van der Waals surface area (Å²) in [5, 5.41) is 3.07. The van der Waals surface area contributed by atoms with E-state index in [9.17, 15) is 4.79 Å². The lowest BCUT2D eigenvalue weighted by Crippen LogP contribution is -2.40. The fraction of sp³-hybridized carbons (Fsp3) is 0.929. The van der Waals surface area contributed by atoms with Crippen LogP contribution in [0.5, 0.6) is 0 Å². The third-order valence-corrected chi connectivity index (χ3v) is 3.58. The van der Waals surface area contributed by atoms with Crippen molar-refractivity contribution < 1.29 is 9.53 Å². The van der Waals surface area contributed by atoms with Gasteiger partial charge in [-0.15, -0.1) is 0 Å². The van der Waals surface area contributed by atoms with Crippen molar-refractivity contribution in [3.8, 4) is 0 Å². The highest BCUT2D eigenvalue weighted by atomic mass is 16.5. The fourth-order valence-electron chi connectivity index (χ4n) is 2.53. The largest absolute Gasteiger partial charge is 0.372 e. The first-order valence-corrected chi connectivity index (χ1v) is 7.11. The van der Waals surface area contributed by atoms with Crippen LogP contribution in [0.15, 0.2) is 0 Å². The molecule has 0 aliphatic heterocycles. The first-order chi connectivity index (χ1) is 8.24.